The third-order valence-electron chi connectivity index (χ3n) is 3.20. The molecule has 0 aliphatic rings. The van der Waals surface area contributed by atoms with Crippen molar-refractivity contribution < 1.29 is 15.0 Å². The Bertz CT molecular complexity index is 287. The van der Waals surface area contributed by atoms with Crippen molar-refractivity contribution >= 4 is 6.09 Å². The Morgan fingerprint density at radius 1 is 1.25 bits per heavy atom. The van der Waals surface area contributed by atoms with Crippen LogP contribution in [0.25, 0.3) is 0 Å². The lowest BCUT2D eigenvalue weighted by molar-refractivity contribution is 0.00400. The van der Waals surface area contributed by atoms with Crippen LogP contribution in [0.5, 0.6) is 0 Å². The fourth-order valence-corrected chi connectivity index (χ4v) is 2.33. The van der Waals surface area contributed by atoms with Gasteiger partial charge in [0.1, 0.15) is 0 Å². The highest BCUT2D eigenvalue weighted by Crippen LogP contribution is 2.21. The maximum absolute atomic E-state index is 11.6. The number of carboxylic acid groups (broad SMARTS) is 1. The summed E-state index contributed by atoms with van der Waals surface area (Å²) in [5.74, 6) is 0.492. The number of hydrogen-bond acceptors (Lipinski definition) is 3. The van der Waals surface area contributed by atoms with Gasteiger partial charge in [-0.05, 0) is 39.7 Å². The average molecular weight is 288 g/mol. The van der Waals surface area contributed by atoms with Crippen LogP contribution in [0.4, 0.5) is 4.79 Å². The zero-order chi connectivity index (χ0) is 15.9. The van der Waals surface area contributed by atoms with Crippen LogP contribution in [0.1, 0.15) is 54.4 Å². The molecule has 0 unspecified atom stereocenters. The van der Waals surface area contributed by atoms with Gasteiger partial charge in [0.2, 0.25) is 0 Å². The first-order valence-electron chi connectivity index (χ1n) is 7.52. The molecule has 0 rings (SSSR count). The van der Waals surface area contributed by atoms with E-state index in [4.69, 9.17) is 0 Å². The SMILES string of the molecule is CCC[C@H](O)[C@H](CNCC(C)C)N(C(=O)O)C(C)(C)C. The van der Waals surface area contributed by atoms with Crippen LogP contribution in [0.2, 0.25) is 0 Å². The monoisotopic (exact) mass is 288 g/mol. The molecule has 0 aliphatic carbocycles. The number of amides is 1. The summed E-state index contributed by atoms with van der Waals surface area (Å²) < 4.78 is 0. The molecule has 0 saturated carbocycles. The van der Waals surface area contributed by atoms with E-state index in [2.05, 4.69) is 19.2 Å². The highest BCUT2D eigenvalue weighted by Gasteiger charge is 2.36. The highest BCUT2D eigenvalue weighted by atomic mass is 16.4. The van der Waals surface area contributed by atoms with E-state index in [-0.39, 0.29) is 0 Å². The minimum atomic E-state index is -0.982. The van der Waals surface area contributed by atoms with E-state index in [0.29, 0.717) is 18.9 Å². The molecule has 20 heavy (non-hydrogen) atoms. The summed E-state index contributed by atoms with van der Waals surface area (Å²) in [6.07, 6.45) is -0.188. The third-order valence-corrected chi connectivity index (χ3v) is 3.20. The number of carbonyl (C=O) groups is 1. The van der Waals surface area contributed by atoms with Crippen molar-refractivity contribution in [3.05, 3.63) is 0 Å². The molecule has 0 heterocycles. The van der Waals surface area contributed by atoms with Crippen LogP contribution in [-0.2, 0) is 0 Å². The summed E-state index contributed by atoms with van der Waals surface area (Å²) in [6.45, 7) is 13.0. The second-order valence-electron chi connectivity index (χ2n) is 6.80. The van der Waals surface area contributed by atoms with Crippen LogP contribution in [0.15, 0.2) is 0 Å². The van der Waals surface area contributed by atoms with Crippen molar-refractivity contribution in [2.75, 3.05) is 13.1 Å². The van der Waals surface area contributed by atoms with Crippen molar-refractivity contribution in [1.29, 1.82) is 0 Å². The molecule has 0 bridgehead atoms. The second-order valence-corrected chi connectivity index (χ2v) is 6.80. The van der Waals surface area contributed by atoms with Crippen molar-refractivity contribution in [2.45, 2.75) is 72.1 Å². The van der Waals surface area contributed by atoms with Gasteiger partial charge in [-0.25, -0.2) is 4.79 Å². The van der Waals surface area contributed by atoms with E-state index >= 15 is 0 Å². The molecule has 1 amide bonds. The van der Waals surface area contributed by atoms with Gasteiger partial charge in [-0.1, -0.05) is 27.2 Å². The van der Waals surface area contributed by atoms with Gasteiger partial charge >= 0.3 is 6.09 Å². The Labute approximate surface area is 123 Å². The number of rotatable bonds is 8. The van der Waals surface area contributed by atoms with Gasteiger partial charge in [0.25, 0.3) is 0 Å². The Morgan fingerprint density at radius 2 is 1.80 bits per heavy atom. The number of aliphatic hydroxyl groups excluding tert-OH is 1. The number of nitrogens with zero attached hydrogens (tertiary/aromatic N) is 1. The van der Waals surface area contributed by atoms with Crippen molar-refractivity contribution in [2.24, 2.45) is 5.92 Å². The topological polar surface area (TPSA) is 72.8 Å². The molecular formula is C15H32N2O3. The quantitative estimate of drug-likeness (QED) is 0.642. The molecule has 0 aromatic carbocycles. The van der Waals surface area contributed by atoms with Gasteiger partial charge in [-0.2, -0.15) is 0 Å². The van der Waals surface area contributed by atoms with Gasteiger partial charge in [-0.15, -0.1) is 0 Å². The average Bonchev–Trinajstić information content (AvgIpc) is 2.24. The maximum atomic E-state index is 11.6. The third kappa shape index (κ3) is 6.57. The molecule has 0 spiro atoms. The minimum absolute atomic E-state index is 0.425. The van der Waals surface area contributed by atoms with E-state index in [0.717, 1.165) is 13.0 Å². The number of hydrogen-bond donors (Lipinski definition) is 3. The lowest BCUT2D eigenvalue weighted by Gasteiger charge is -2.42. The first-order chi connectivity index (χ1) is 9.11. The molecule has 0 aromatic heterocycles. The van der Waals surface area contributed by atoms with E-state index < -0.39 is 23.8 Å². The smallest absolute Gasteiger partial charge is 0.408 e. The summed E-state index contributed by atoms with van der Waals surface area (Å²) in [5, 5.41) is 23.1. The van der Waals surface area contributed by atoms with Crippen molar-refractivity contribution in [1.82, 2.24) is 10.2 Å². The molecule has 5 nitrogen and oxygen atoms in total. The molecule has 0 radical (unpaired) electrons. The van der Waals surface area contributed by atoms with Gasteiger partial charge in [0, 0.05) is 12.1 Å². The molecular weight excluding hydrogens is 256 g/mol. The number of nitrogens with one attached hydrogen (secondary N) is 1. The Kier molecular flexibility index (Phi) is 8.13. The van der Waals surface area contributed by atoms with Crippen LogP contribution in [0.3, 0.4) is 0 Å². The zero-order valence-electron chi connectivity index (χ0n) is 13.8. The fraction of sp³-hybridized carbons (Fsp3) is 0.933. The fourth-order valence-electron chi connectivity index (χ4n) is 2.33. The summed E-state index contributed by atoms with van der Waals surface area (Å²) >= 11 is 0. The Morgan fingerprint density at radius 3 is 2.15 bits per heavy atom. The lowest BCUT2D eigenvalue weighted by atomic mass is 9.97. The Balaban J connectivity index is 5.00. The van der Waals surface area contributed by atoms with E-state index in [1.807, 2.05) is 27.7 Å². The molecule has 3 N–H and O–H groups in total. The van der Waals surface area contributed by atoms with Gasteiger partial charge < -0.3 is 15.5 Å². The normalized spacial score (nSPS) is 15.2. The predicted molar refractivity (Wildman–Crippen MR) is 82.0 cm³/mol. The van der Waals surface area contributed by atoms with Crippen LogP contribution < -0.4 is 5.32 Å². The Hall–Kier alpha value is -0.810. The van der Waals surface area contributed by atoms with E-state index in [1.165, 1.54) is 4.90 Å². The summed E-state index contributed by atoms with van der Waals surface area (Å²) in [7, 11) is 0. The second kappa shape index (κ2) is 8.47. The maximum Gasteiger partial charge on any atom is 0.408 e. The predicted octanol–water partition coefficient (Wildman–Crippen LogP) is 2.54. The largest absolute Gasteiger partial charge is 0.465 e. The molecule has 5 heteroatoms. The summed E-state index contributed by atoms with van der Waals surface area (Å²) in [6, 6.07) is -0.425. The van der Waals surface area contributed by atoms with Gasteiger partial charge in [0.15, 0.2) is 0 Å². The summed E-state index contributed by atoms with van der Waals surface area (Å²) in [5.41, 5.74) is -0.537. The van der Waals surface area contributed by atoms with E-state index in [9.17, 15) is 15.0 Å². The van der Waals surface area contributed by atoms with Gasteiger partial charge in [0.05, 0.1) is 12.1 Å². The van der Waals surface area contributed by atoms with Crippen molar-refractivity contribution in [3.63, 3.8) is 0 Å². The summed E-state index contributed by atoms with van der Waals surface area (Å²) in [4.78, 5) is 13.0. The van der Waals surface area contributed by atoms with Gasteiger partial charge in [-0.3, -0.25) is 4.90 Å². The van der Waals surface area contributed by atoms with Crippen LogP contribution in [0, 0.1) is 5.92 Å². The zero-order valence-corrected chi connectivity index (χ0v) is 13.8. The van der Waals surface area contributed by atoms with Crippen LogP contribution >= 0.6 is 0 Å². The molecule has 0 saturated heterocycles. The van der Waals surface area contributed by atoms with E-state index in [1.54, 1.807) is 0 Å². The first-order valence-corrected chi connectivity index (χ1v) is 7.52. The standard InChI is InChI=1S/C15H32N2O3/c1-7-8-13(18)12(10-16-9-11(2)3)17(14(19)20)15(4,5)6/h11-13,16,18H,7-10H2,1-6H3,(H,19,20)/t12-,13-/m0/s1. The molecule has 2 atom stereocenters. The molecule has 0 aliphatic heterocycles. The molecule has 0 fully saturated rings. The number of aliphatic hydroxyl groups is 1. The molecule has 120 valence electrons. The molecule has 0 aromatic rings. The first kappa shape index (κ1) is 19.2. The minimum Gasteiger partial charge on any atom is -0.465 e. The van der Waals surface area contributed by atoms with Crippen LogP contribution in [-0.4, -0.2) is 52.0 Å². The van der Waals surface area contributed by atoms with Crippen molar-refractivity contribution in [3.8, 4) is 0 Å². The lowest BCUT2D eigenvalue weighted by Crippen LogP contribution is -2.58. The highest BCUT2D eigenvalue weighted by molar-refractivity contribution is 5.66.